The number of benzene rings is 3. The highest BCUT2D eigenvalue weighted by molar-refractivity contribution is 5.70. The molecular weight excluding hydrogens is 422 g/mol. The fourth-order valence-electron chi connectivity index (χ4n) is 3.18. The van der Waals surface area contributed by atoms with E-state index in [1.165, 1.54) is 24.4 Å². The molecular formula is C25H16F2N6. The van der Waals surface area contributed by atoms with Crippen LogP contribution in [-0.4, -0.2) is 17.0 Å². The Kier molecular flexibility index (Phi) is 5.92. The van der Waals surface area contributed by atoms with E-state index in [2.05, 4.69) is 21.4 Å². The number of anilines is 4. The zero-order valence-electron chi connectivity index (χ0n) is 17.4. The van der Waals surface area contributed by atoms with E-state index < -0.39 is 11.6 Å². The summed E-state index contributed by atoms with van der Waals surface area (Å²) in [6.07, 6.45) is 1.48. The fourth-order valence-corrected chi connectivity index (χ4v) is 3.18. The lowest BCUT2D eigenvalue weighted by Crippen LogP contribution is -2.13. The van der Waals surface area contributed by atoms with Gasteiger partial charge in [-0.2, -0.15) is 15.5 Å². The smallest absolute Gasteiger partial charge is 0.231 e. The van der Waals surface area contributed by atoms with Crippen molar-refractivity contribution in [2.45, 2.75) is 0 Å². The Labute approximate surface area is 189 Å². The Hall–Kier alpha value is -4.82. The third kappa shape index (κ3) is 4.60. The molecule has 1 N–H and O–H groups in total. The minimum atomic E-state index is -0.782. The summed E-state index contributed by atoms with van der Waals surface area (Å²) in [7, 11) is 1.74. The van der Waals surface area contributed by atoms with E-state index in [-0.39, 0.29) is 11.5 Å². The number of nitrogens with one attached hydrogen (secondary N) is 1. The van der Waals surface area contributed by atoms with Crippen molar-refractivity contribution in [3.63, 3.8) is 0 Å². The van der Waals surface area contributed by atoms with E-state index in [1.807, 2.05) is 6.07 Å². The first-order valence-corrected chi connectivity index (χ1v) is 9.82. The van der Waals surface area contributed by atoms with Gasteiger partial charge < -0.3 is 10.2 Å². The molecule has 1 heterocycles. The zero-order chi connectivity index (χ0) is 23.4. The van der Waals surface area contributed by atoms with Crippen LogP contribution in [0.3, 0.4) is 0 Å². The molecule has 1 aromatic heterocycles. The maximum absolute atomic E-state index is 14.8. The first-order chi connectivity index (χ1) is 16.0. The molecule has 3 aromatic carbocycles. The number of hydrogen-bond donors (Lipinski definition) is 1. The van der Waals surface area contributed by atoms with Crippen molar-refractivity contribution >= 4 is 23.1 Å². The van der Waals surface area contributed by atoms with Gasteiger partial charge in [-0.05, 0) is 65.7 Å². The molecule has 160 valence electrons. The van der Waals surface area contributed by atoms with Crippen molar-refractivity contribution < 1.29 is 8.78 Å². The maximum Gasteiger partial charge on any atom is 0.231 e. The molecule has 0 saturated heterocycles. The lowest BCUT2D eigenvalue weighted by molar-refractivity contribution is 0.591. The molecule has 0 amide bonds. The van der Waals surface area contributed by atoms with Crippen LogP contribution in [0, 0.1) is 34.3 Å². The molecule has 0 saturated carbocycles. The number of nitrogens with zero attached hydrogens (tertiary/aromatic N) is 5. The fraction of sp³-hybridized carbons (Fsp3) is 0.0400. The molecule has 6 nitrogen and oxygen atoms in total. The predicted octanol–water partition coefficient (Wildman–Crippen LogP) is 5.68. The lowest BCUT2D eigenvalue weighted by atomic mass is 10.0. The van der Waals surface area contributed by atoms with Gasteiger partial charge in [-0.25, -0.2) is 13.8 Å². The highest BCUT2D eigenvalue weighted by Gasteiger charge is 2.15. The van der Waals surface area contributed by atoms with E-state index in [9.17, 15) is 8.78 Å². The van der Waals surface area contributed by atoms with Gasteiger partial charge in [0, 0.05) is 18.9 Å². The largest absolute Gasteiger partial charge is 0.335 e. The van der Waals surface area contributed by atoms with Crippen LogP contribution < -0.4 is 10.2 Å². The summed E-state index contributed by atoms with van der Waals surface area (Å²) >= 11 is 0. The highest BCUT2D eigenvalue weighted by atomic mass is 19.1. The number of rotatable bonds is 5. The van der Waals surface area contributed by atoms with Gasteiger partial charge >= 0.3 is 0 Å². The third-order valence-corrected chi connectivity index (χ3v) is 4.97. The molecule has 8 heteroatoms. The molecule has 4 aromatic rings. The Bertz CT molecular complexity index is 1360. The Morgan fingerprint density at radius 3 is 1.97 bits per heavy atom. The van der Waals surface area contributed by atoms with Gasteiger partial charge in [0.25, 0.3) is 0 Å². The van der Waals surface area contributed by atoms with Crippen LogP contribution in [-0.2, 0) is 0 Å². The predicted molar refractivity (Wildman–Crippen MR) is 121 cm³/mol. The van der Waals surface area contributed by atoms with Crippen LogP contribution in [0.2, 0.25) is 0 Å². The Balaban J connectivity index is 1.58. The Morgan fingerprint density at radius 2 is 1.39 bits per heavy atom. The molecule has 4 rings (SSSR count). The molecule has 0 aliphatic carbocycles. The molecule has 0 unspecified atom stereocenters. The van der Waals surface area contributed by atoms with Crippen molar-refractivity contribution in [2.24, 2.45) is 0 Å². The van der Waals surface area contributed by atoms with Gasteiger partial charge in [-0.3, -0.25) is 0 Å². The van der Waals surface area contributed by atoms with Gasteiger partial charge in [-0.15, -0.1) is 0 Å². The average molecular weight is 438 g/mol. The third-order valence-electron chi connectivity index (χ3n) is 4.97. The summed E-state index contributed by atoms with van der Waals surface area (Å²) in [5, 5.41) is 20.5. The van der Waals surface area contributed by atoms with Gasteiger partial charge in [0.1, 0.15) is 23.1 Å². The molecule has 0 bridgehead atoms. The van der Waals surface area contributed by atoms with Crippen molar-refractivity contribution in [1.29, 1.82) is 10.5 Å². The van der Waals surface area contributed by atoms with E-state index >= 15 is 0 Å². The second-order valence-electron chi connectivity index (χ2n) is 7.09. The van der Waals surface area contributed by atoms with Crippen LogP contribution in [0.15, 0.2) is 72.9 Å². The topological polar surface area (TPSA) is 88.6 Å². The average Bonchev–Trinajstić information content (AvgIpc) is 2.86. The molecule has 0 aliphatic heterocycles. The summed E-state index contributed by atoms with van der Waals surface area (Å²) in [6.45, 7) is 0. The van der Waals surface area contributed by atoms with Gasteiger partial charge in [0.2, 0.25) is 5.95 Å². The van der Waals surface area contributed by atoms with Crippen molar-refractivity contribution in [2.75, 3.05) is 17.3 Å². The van der Waals surface area contributed by atoms with Crippen LogP contribution >= 0.6 is 0 Å². The van der Waals surface area contributed by atoms with Crippen LogP contribution in [0.5, 0.6) is 0 Å². The molecule has 0 aliphatic rings. The zero-order valence-corrected chi connectivity index (χ0v) is 17.4. The quantitative estimate of drug-likeness (QED) is 0.431. The minimum Gasteiger partial charge on any atom is -0.335 e. The van der Waals surface area contributed by atoms with Crippen LogP contribution in [0.25, 0.3) is 11.1 Å². The summed E-state index contributed by atoms with van der Waals surface area (Å²) in [5.74, 6) is -1.05. The highest BCUT2D eigenvalue weighted by Crippen LogP contribution is 2.30. The maximum atomic E-state index is 14.8. The second kappa shape index (κ2) is 9.13. The number of halogens is 2. The first-order valence-electron chi connectivity index (χ1n) is 9.82. The van der Waals surface area contributed by atoms with Gasteiger partial charge in [0.05, 0.1) is 23.3 Å². The summed E-state index contributed by atoms with van der Waals surface area (Å²) in [5.41, 5.74) is 2.34. The summed E-state index contributed by atoms with van der Waals surface area (Å²) in [6, 6.07) is 21.3. The standard InChI is InChI=1S/C25H16F2N6/c1-33(20-8-4-17(15-29)5-9-20)25-30-11-10-23(32-25)31-24-21(26)12-19(13-22(24)27)18-6-2-16(14-28)3-7-18/h2-13H,1H3,(H,30,31,32). The van der Waals surface area contributed by atoms with Crippen molar-refractivity contribution in [3.05, 3.63) is 95.7 Å². The van der Waals surface area contributed by atoms with Gasteiger partial charge in [-0.1, -0.05) is 12.1 Å². The number of nitriles is 2. The summed E-state index contributed by atoms with van der Waals surface area (Å²) in [4.78, 5) is 10.2. The van der Waals surface area contributed by atoms with Gasteiger partial charge in [0.15, 0.2) is 0 Å². The van der Waals surface area contributed by atoms with E-state index in [0.29, 0.717) is 28.2 Å². The molecule has 0 atom stereocenters. The number of hydrogen-bond acceptors (Lipinski definition) is 6. The molecule has 33 heavy (non-hydrogen) atoms. The molecule has 0 spiro atoms. The van der Waals surface area contributed by atoms with Crippen molar-refractivity contribution in [3.8, 4) is 23.3 Å². The van der Waals surface area contributed by atoms with E-state index in [0.717, 1.165) is 5.69 Å². The van der Waals surface area contributed by atoms with Crippen molar-refractivity contribution in [1.82, 2.24) is 9.97 Å². The van der Waals surface area contributed by atoms with E-state index in [4.69, 9.17) is 10.5 Å². The number of aromatic nitrogens is 2. The monoisotopic (exact) mass is 438 g/mol. The first kappa shape index (κ1) is 21.4. The van der Waals surface area contributed by atoms with Crippen LogP contribution in [0.4, 0.5) is 31.9 Å². The Morgan fingerprint density at radius 1 is 0.818 bits per heavy atom. The summed E-state index contributed by atoms with van der Waals surface area (Å²) < 4.78 is 29.6. The SMILES string of the molecule is CN(c1ccc(C#N)cc1)c1nccc(Nc2c(F)cc(-c3ccc(C#N)cc3)cc2F)n1. The molecule has 0 fully saturated rings. The molecule has 0 radical (unpaired) electrons. The minimum absolute atomic E-state index is 0.212. The van der Waals surface area contributed by atoms with E-state index in [1.54, 1.807) is 60.5 Å². The second-order valence-corrected chi connectivity index (χ2v) is 7.09. The van der Waals surface area contributed by atoms with Crippen LogP contribution in [0.1, 0.15) is 11.1 Å². The lowest BCUT2D eigenvalue weighted by Gasteiger charge is -2.18. The normalized spacial score (nSPS) is 10.2.